The molecule has 4 aromatic rings. The van der Waals surface area contributed by atoms with Gasteiger partial charge in [0.1, 0.15) is 6.33 Å². The molecule has 1 fully saturated rings. The summed E-state index contributed by atoms with van der Waals surface area (Å²) in [5.41, 5.74) is 8.23. The molecule has 0 bridgehead atoms. The van der Waals surface area contributed by atoms with E-state index >= 15 is 0 Å². The van der Waals surface area contributed by atoms with E-state index in [2.05, 4.69) is 57.2 Å². The fourth-order valence-electron chi connectivity index (χ4n) is 5.52. The highest BCUT2D eigenvalue weighted by Gasteiger charge is 2.21. The average molecular weight is 594 g/mol. The monoisotopic (exact) mass is 593 g/mol. The molecule has 1 saturated heterocycles. The Morgan fingerprint density at radius 2 is 1.72 bits per heavy atom. The number of nitriles is 1. The summed E-state index contributed by atoms with van der Waals surface area (Å²) in [6.07, 6.45) is 14.0. The van der Waals surface area contributed by atoms with E-state index in [1.54, 1.807) is 24.5 Å². The summed E-state index contributed by atoms with van der Waals surface area (Å²) < 4.78 is 23.5. The first-order valence-electron chi connectivity index (χ1n) is 14.2. The lowest BCUT2D eigenvalue weighted by Gasteiger charge is -2.32. The third-order valence-electron chi connectivity index (χ3n) is 7.83. The zero-order valence-electron chi connectivity index (χ0n) is 24.7. The number of nitrogens with zero attached hydrogens (tertiary/aromatic N) is 6. The van der Waals surface area contributed by atoms with Crippen LogP contribution >= 0.6 is 0 Å². The van der Waals surface area contributed by atoms with Crippen LogP contribution in [0, 0.1) is 25.2 Å². The van der Waals surface area contributed by atoms with Gasteiger partial charge >= 0.3 is 0 Å². The van der Waals surface area contributed by atoms with Crippen molar-refractivity contribution in [3.05, 3.63) is 101 Å². The summed E-state index contributed by atoms with van der Waals surface area (Å²) in [5.74, 6) is 0.606. The summed E-state index contributed by atoms with van der Waals surface area (Å²) in [4.78, 5) is 20.8. The van der Waals surface area contributed by atoms with E-state index in [1.807, 2.05) is 24.4 Å². The van der Waals surface area contributed by atoms with Crippen LogP contribution in [0.4, 0.5) is 5.95 Å². The normalized spacial score (nSPS) is 14.6. The lowest BCUT2D eigenvalue weighted by Crippen LogP contribution is -2.39. The van der Waals surface area contributed by atoms with E-state index in [9.17, 15) is 8.42 Å². The Labute approximate surface area is 253 Å². The van der Waals surface area contributed by atoms with Crippen LogP contribution in [0.5, 0.6) is 0 Å². The fraction of sp³-hybridized carbons (Fsp3) is 0.303. The van der Waals surface area contributed by atoms with Crippen LogP contribution in [-0.2, 0) is 22.8 Å². The van der Waals surface area contributed by atoms with Crippen LogP contribution in [0.25, 0.3) is 17.2 Å². The van der Waals surface area contributed by atoms with Gasteiger partial charge in [0.15, 0.2) is 9.84 Å². The molecule has 0 saturated carbocycles. The minimum absolute atomic E-state index is 0.247. The highest BCUT2D eigenvalue weighted by molar-refractivity contribution is 7.90. The molecule has 1 aliphatic heterocycles. The first-order chi connectivity index (χ1) is 20.7. The number of anilines is 1. The molecule has 3 heterocycles. The number of rotatable bonds is 9. The van der Waals surface area contributed by atoms with Gasteiger partial charge in [-0.05, 0) is 72.7 Å². The van der Waals surface area contributed by atoms with Gasteiger partial charge in [-0.3, -0.25) is 4.90 Å². The van der Waals surface area contributed by atoms with Crippen molar-refractivity contribution < 1.29 is 8.42 Å². The Morgan fingerprint density at radius 3 is 2.35 bits per heavy atom. The number of aromatic nitrogens is 4. The number of likely N-dealkylation sites (tertiary alicyclic amines) is 1. The van der Waals surface area contributed by atoms with Crippen molar-refractivity contribution in [2.24, 2.45) is 0 Å². The molecule has 0 aliphatic carbocycles. The summed E-state index contributed by atoms with van der Waals surface area (Å²) >= 11 is 0. The molecule has 5 rings (SSSR count). The SMILES string of the molecule is Cc1cc(/C=C/C#N)cc(C)c1Cc1nc(NC2CCN(Cc3ccc(S(C)(=O)=O)cc3)CC2)ncc1-c1cncnc1. The average Bonchev–Trinajstić information content (AvgIpc) is 2.99. The van der Waals surface area contributed by atoms with Crippen LogP contribution in [-0.4, -0.2) is 58.6 Å². The van der Waals surface area contributed by atoms with Crippen molar-refractivity contribution in [2.45, 2.75) is 50.6 Å². The number of benzene rings is 2. The van der Waals surface area contributed by atoms with Crippen LogP contribution in [0.1, 0.15) is 46.4 Å². The van der Waals surface area contributed by atoms with Crippen molar-refractivity contribution in [3.63, 3.8) is 0 Å². The van der Waals surface area contributed by atoms with Crippen LogP contribution in [0.3, 0.4) is 0 Å². The molecular weight excluding hydrogens is 558 g/mol. The van der Waals surface area contributed by atoms with E-state index in [0.29, 0.717) is 17.3 Å². The number of nitrogens with one attached hydrogen (secondary N) is 1. The second-order valence-corrected chi connectivity index (χ2v) is 13.1. The molecule has 9 nitrogen and oxygen atoms in total. The summed E-state index contributed by atoms with van der Waals surface area (Å²) in [6, 6.07) is 13.7. The Kier molecular flexibility index (Phi) is 9.24. The number of allylic oxidation sites excluding steroid dienone is 1. The van der Waals surface area contributed by atoms with Crippen molar-refractivity contribution in [2.75, 3.05) is 24.7 Å². The minimum atomic E-state index is -3.19. The van der Waals surface area contributed by atoms with Gasteiger partial charge in [-0.25, -0.2) is 28.4 Å². The topological polar surface area (TPSA) is 125 Å². The van der Waals surface area contributed by atoms with Gasteiger partial charge in [-0.1, -0.05) is 24.3 Å². The van der Waals surface area contributed by atoms with Crippen LogP contribution in [0.15, 0.2) is 72.3 Å². The Balaban J connectivity index is 1.30. The van der Waals surface area contributed by atoms with Crippen molar-refractivity contribution >= 4 is 21.9 Å². The quantitative estimate of drug-likeness (QED) is 0.262. The smallest absolute Gasteiger partial charge is 0.223 e. The second kappa shape index (κ2) is 13.2. The maximum absolute atomic E-state index is 11.8. The fourth-order valence-corrected chi connectivity index (χ4v) is 6.15. The number of hydrogen-bond donors (Lipinski definition) is 1. The first kappa shape index (κ1) is 30.0. The third-order valence-corrected chi connectivity index (χ3v) is 8.96. The Morgan fingerprint density at radius 1 is 1.05 bits per heavy atom. The molecule has 1 aliphatic rings. The number of aryl methyl sites for hydroxylation is 2. The van der Waals surface area contributed by atoms with E-state index in [0.717, 1.165) is 71.6 Å². The molecule has 0 spiro atoms. The molecule has 1 N–H and O–H groups in total. The molecule has 0 atom stereocenters. The summed E-state index contributed by atoms with van der Waals surface area (Å²) in [5, 5.41) is 12.5. The Bertz CT molecular complexity index is 1730. The zero-order chi connectivity index (χ0) is 30.4. The molecule has 43 heavy (non-hydrogen) atoms. The largest absolute Gasteiger partial charge is 0.351 e. The highest BCUT2D eigenvalue weighted by atomic mass is 32.2. The predicted molar refractivity (Wildman–Crippen MR) is 168 cm³/mol. The second-order valence-electron chi connectivity index (χ2n) is 11.1. The minimum Gasteiger partial charge on any atom is -0.351 e. The highest BCUT2D eigenvalue weighted by Crippen LogP contribution is 2.28. The Hall–Kier alpha value is -4.46. The molecule has 0 radical (unpaired) electrons. The van der Waals surface area contributed by atoms with Gasteiger partial charge in [-0.2, -0.15) is 5.26 Å². The molecule has 2 aromatic heterocycles. The summed E-state index contributed by atoms with van der Waals surface area (Å²) in [7, 11) is -3.19. The molecule has 0 unspecified atom stereocenters. The van der Waals surface area contributed by atoms with Gasteiger partial charge in [0.05, 0.1) is 16.7 Å². The molecule has 2 aromatic carbocycles. The van der Waals surface area contributed by atoms with E-state index in [4.69, 9.17) is 10.2 Å². The van der Waals surface area contributed by atoms with Crippen molar-refractivity contribution in [1.29, 1.82) is 5.26 Å². The van der Waals surface area contributed by atoms with Gasteiger partial charge in [0.25, 0.3) is 0 Å². The van der Waals surface area contributed by atoms with Crippen LogP contribution in [0.2, 0.25) is 0 Å². The van der Waals surface area contributed by atoms with Crippen molar-refractivity contribution in [3.8, 4) is 17.2 Å². The molecule has 220 valence electrons. The van der Waals surface area contributed by atoms with E-state index in [-0.39, 0.29) is 6.04 Å². The third kappa shape index (κ3) is 7.69. The standard InChI is InChI=1S/C33H35N7O2S/c1-23-15-26(5-4-12-34)16-24(2)30(23)17-32-31(27-18-35-22-36-19-27)20-37-33(39-32)38-28-10-13-40(14-11-28)21-25-6-8-29(9-7-25)43(3,41)42/h4-9,15-16,18-20,22,28H,10-11,13-14,17,21H2,1-3H3,(H,37,38,39)/b5-4+. The van der Waals surface area contributed by atoms with Gasteiger partial charge in [0, 0.05) is 74.1 Å². The maximum atomic E-state index is 11.8. The van der Waals surface area contributed by atoms with Crippen LogP contribution < -0.4 is 5.32 Å². The molecule has 0 amide bonds. The lowest BCUT2D eigenvalue weighted by atomic mass is 9.93. The number of piperidine rings is 1. The molecule has 10 heteroatoms. The van der Waals surface area contributed by atoms with Gasteiger partial charge in [0.2, 0.25) is 5.95 Å². The van der Waals surface area contributed by atoms with E-state index < -0.39 is 9.84 Å². The van der Waals surface area contributed by atoms with Gasteiger partial charge in [-0.15, -0.1) is 0 Å². The first-order valence-corrected chi connectivity index (χ1v) is 16.1. The molecular formula is C33H35N7O2S. The lowest BCUT2D eigenvalue weighted by molar-refractivity contribution is 0.211. The van der Waals surface area contributed by atoms with Crippen molar-refractivity contribution in [1.82, 2.24) is 24.8 Å². The zero-order valence-corrected chi connectivity index (χ0v) is 25.5. The van der Waals surface area contributed by atoms with Gasteiger partial charge < -0.3 is 5.32 Å². The summed E-state index contributed by atoms with van der Waals surface area (Å²) in [6.45, 7) is 6.80. The maximum Gasteiger partial charge on any atom is 0.223 e. The number of hydrogen-bond acceptors (Lipinski definition) is 9. The number of sulfone groups is 1. The van der Waals surface area contributed by atoms with E-state index in [1.165, 1.54) is 24.2 Å². The predicted octanol–water partition coefficient (Wildman–Crippen LogP) is 5.16.